The van der Waals surface area contributed by atoms with Crippen LogP contribution in [0, 0.1) is 25.6 Å². The molecule has 5 rings (SSSR count). The van der Waals surface area contributed by atoms with Gasteiger partial charge in [0.15, 0.2) is 11.5 Å². The Kier molecular flexibility index (Phi) is 10.5. The molecule has 1 aromatic heterocycles. The molecule has 12 heteroatoms. The lowest BCUT2D eigenvalue weighted by Gasteiger charge is -2.19. The van der Waals surface area contributed by atoms with Crippen molar-refractivity contribution in [3.8, 4) is 5.69 Å². The van der Waals surface area contributed by atoms with E-state index in [9.17, 15) is 19.5 Å². The molecule has 3 N–H and O–H groups in total. The van der Waals surface area contributed by atoms with Crippen LogP contribution in [0.1, 0.15) is 72.6 Å². The highest BCUT2D eigenvalue weighted by molar-refractivity contribution is 6.02. The third kappa shape index (κ3) is 8.81. The minimum atomic E-state index is -1.33. The van der Waals surface area contributed by atoms with Crippen LogP contribution in [0.2, 0.25) is 0 Å². The van der Waals surface area contributed by atoms with Crippen LogP contribution in [-0.2, 0) is 20.8 Å². The molecular weight excluding hydrogens is 641 g/mol. The highest BCUT2D eigenvalue weighted by Gasteiger charge is 2.26. The second kappa shape index (κ2) is 14.8. The van der Waals surface area contributed by atoms with Gasteiger partial charge in [-0.15, -0.1) is 0 Å². The number of carboxylic acids is 1. The number of anilines is 1. The second-order valence-corrected chi connectivity index (χ2v) is 13.3. The molecule has 0 spiro atoms. The van der Waals surface area contributed by atoms with Crippen molar-refractivity contribution in [2.45, 2.75) is 66.0 Å². The molecule has 50 heavy (non-hydrogen) atoms. The molecule has 2 atom stereocenters. The van der Waals surface area contributed by atoms with Crippen LogP contribution in [0.5, 0.6) is 0 Å². The number of ether oxygens (including phenoxy) is 1. The number of carbonyl (C=O) groups excluding carboxylic acids is 2. The fraction of sp³-hybridized carbons (Fsp3) is 0.289. The van der Waals surface area contributed by atoms with Gasteiger partial charge in [0, 0.05) is 34.8 Å². The van der Waals surface area contributed by atoms with Crippen LogP contribution in [0.25, 0.3) is 11.4 Å². The lowest BCUT2D eigenvalue weighted by atomic mass is 9.93. The van der Waals surface area contributed by atoms with Gasteiger partial charge in [-0.1, -0.05) is 35.8 Å². The number of aryl methyl sites for hydroxylation is 2. The second-order valence-electron chi connectivity index (χ2n) is 13.3. The highest BCUT2D eigenvalue weighted by Crippen LogP contribution is 2.28. The number of nitrogens with one attached hydrogen (secondary N) is 2. The van der Waals surface area contributed by atoms with Crippen LogP contribution in [0.4, 0.5) is 14.9 Å². The van der Waals surface area contributed by atoms with E-state index in [2.05, 4.69) is 20.9 Å². The van der Waals surface area contributed by atoms with Gasteiger partial charge < -0.3 is 20.0 Å². The maximum absolute atomic E-state index is 15.6. The molecule has 3 aromatic carbocycles. The van der Waals surface area contributed by atoms with Gasteiger partial charge in [-0.3, -0.25) is 10.1 Å². The molecular formula is C38H40FN5O6. The Morgan fingerprint density at radius 2 is 1.74 bits per heavy atom. The maximum atomic E-state index is 15.6. The van der Waals surface area contributed by atoms with Crippen molar-refractivity contribution in [2.75, 3.05) is 5.32 Å². The average molecular weight is 682 g/mol. The Bertz CT molecular complexity index is 1960. The Morgan fingerprint density at radius 3 is 2.38 bits per heavy atom. The summed E-state index contributed by atoms with van der Waals surface area (Å²) in [6.07, 6.45) is 1.67. The molecule has 0 saturated heterocycles. The molecule has 1 aliphatic rings. The third-order valence-electron chi connectivity index (χ3n) is 7.93. The SMILES string of the molecule is Cc1ccc(-n2nc(C(=O)NC(Cc3ccc(C4=NOC(c5ccc(NC(=O)OC(C)(C)C)cc5)=CCC4C)c(F)c3)C(=O)O)cc2C)cc1. The fourth-order valence-electron chi connectivity index (χ4n) is 5.34. The van der Waals surface area contributed by atoms with Crippen LogP contribution in [0.15, 0.2) is 84.0 Å². The number of rotatable bonds is 9. The standard InChI is InChI=1S/C38H40FN5O6/c1-22-7-15-28(16-8-22)44-24(3)19-31(42-44)35(45)41-32(36(46)47)21-25-10-17-29(30(39)20-25)34-23(2)9-18-33(50-43-34)26-11-13-27(14-12-26)40-37(48)49-38(4,5)6/h7-8,10-20,23,32H,9,21H2,1-6H3,(H,40,48)(H,41,45)(H,46,47). The van der Waals surface area contributed by atoms with Crippen molar-refractivity contribution in [1.82, 2.24) is 15.1 Å². The summed E-state index contributed by atoms with van der Waals surface area (Å²) in [4.78, 5) is 43.0. The van der Waals surface area contributed by atoms with Gasteiger partial charge in [-0.2, -0.15) is 5.10 Å². The van der Waals surface area contributed by atoms with Gasteiger partial charge in [-0.25, -0.2) is 18.7 Å². The van der Waals surface area contributed by atoms with Gasteiger partial charge in [0.1, 0.15) is 17.5 Å². The molecule has 0 bridgehead atoms. The normalized spacial score (nSPS) is 15.1. The summed E-state index contributed by atoms with van der Waals surface area (Å²) in [7, 11) is 0. The van der Waals surface area contributed by atoms with Crippen LogP contribution >= 0.6 is 0 Å². The number of carboxylic acid groups (broad SMARTS) is 1. The van der Waals surface area contributed by atoms with E-state index in [0.29, 0.717) is 40.4 Å². The Hall–Kier alpha value is -5.78. The average Bonchev–Trinajstić information content (AvgIpc) is 3.33. The van der Waals surface area contributed by atoms with Crippen LogP contribution < -0.4 is 10.6 Å². The van der Waals surface area contributed by atoms with Gasteiger partial charge in [0.2, 0.25) is 0 Å². The predicted molar refractivity (Wildman–Crippen MR) is 188 cm³/mol. The molecule has 2 unspecified atom stereocenters. The number of nitrogens with zero attached hydrogens (tertiary/aromatic N) is 3. The molecule has 1 aliphatic heterocycles. The minimum Gasteiger partial charge on any atom is -0.480 e. The summed E-state index contributed by atoms with van der Waals surface area (Å²) < 4.78 is 22.5. The summed E-state index contributed by atoms with van der Waals surface area (Å²) in [5.41, 5.74) is 4.25. The van der Waals surface area contributed by atoms with Gasteiger partial charge in [0.25, 0.3) is 5.91 Å². The van der Waals surface area contributed by atoms with Gasteiger partial charge in [-0.05, 0) is 107 Å². The monoisotopic (exact) mass is 681 g/mol. The minimum absolute atomic E-state index is 0.0672. The summed E-state index contributed by atoms with van der Waals surface area (Å²) in [6.45, 7) is 11.0. The molecule has 0 fully saturated rings. The molecule has 0 saturated carbocycles. The smallest absolute Gasteiger partial charge is 0.412 e. The molecule has 260 valence electrons. The summed E-state index contributed by atoms with van der Waals surface area (Å²) in [5, 5.41) is 23.8. The van der Waals surface area contributed by atoms with Crippen molar-refractivity contribution in [1.29, 1.82) is 0 Å². The van der Waals surface area contributed by atoms with Crippen LogP contribution in [-0.4, -0.2) is 50.2 Å². The lowest BCUT2D eigenvalue weighted by molar-refractivity contribution is -0.139. The van der Waals surface area contributed by atoms with E-state index in [1.165, 1.54) is 6.07 Å². The van der Waals surface area contributed by atoms with Crippen molar-refractivity contribution in [2.24, 2.45) is 11.1 Å². The number of oxime groups is 1. The zero-order chi connectivity index (χ0) is 36.2. The number of hydrogen-bond acceptors (Lipinski definition) is 7. The molecule has 0 aliphatic carbocycles. The van der Waals surface area contributed by atoms with E-state index in [0.717, 1.165) is 11.3 Å². The molecule has 0 radical (unpaired) electrons. The van der Waals surface area contributed by atoms with E-state index >= 15 is 4.39 Å². The maximum Gasteiger partial charge on any atom is 0.412 e. The lowest BCUT2D eigenvalue weighted by Crippen LogP contribution is -2.42. The van der Waals surface area contributed by atoms with E-state index in [1.807, 2.05) is 44.2 Å². The van der Waals surface area contributed by atoms with Crippen LogP contribution in [0.3, 0.4) is 0 Å². The van der Waals surface area contributed by atoms with Gasteiger partial charge in [0.05, 0.1) is 11.4 Å². The summed E-state index contributed by atoms with van der Waals surface area (Å²) in [6, 6.07) is 19.3. The quantitative estimate of drug-likeness (QED) is 0.169. The summed E-state index contributed by atoms with van der Waals surface area (Å²) >= 11 is 0. The van der Waals surface area contributed by atoms with E-state index in [-0.39, 0.29) is 23.6 Å². The number of halogens is 1. The zero-order valence-electron chi connectivity index (χ0n) is 28.8. The van der Waals surface area contributed by atoms with Crippen molar-refractivity contribution < 1.29 is 33.5 Å². The Balaban J connectivity index is 1.25. The van der Waals surface area contributed by atoms with Crippen molar-refractivity contribution in [3.63, 3.8) is 0 Å². The first-order chi connectivity index (χ1) is 23.7. The highest BCUT2D eigenvalue weighted by atomic mass is 19.1. The molecule has 11 nitrogen and oxygen atoms in total. The van der Waals surface area contributed by atoms with Crippen molar-refractivity contribution in [3.05, 3.63) is 118 Å². The number of benzene rings is 3. The fourth-order valence-corrected chi connectivity index (χ4v) is 5.34. The van der Waals surface area contributed by atoms with E-state index < -0.39 is 35.4 Å². The van der Waals surface area contributed by atoms with E-state index in [4.69, 9.17) is 9.57 Å². The van der Waals surface area contributed by atoms with Gasteiger partial charge >= 0.3 is 12.1 Å². The topological polar surface area (TPSA) is 144 Å². The Labute approximate surface area is 289 Å². The molecule has 4 aromatic rings. The first-order valence-electron chi connectivity index (χ1n) is 16.2. The number of aromatic nitrogens is 2. The largest absolute Gasteiger partial charge is 0.480 e. The predicted octanol–water partition coefficient (Wildman–Crippen LogP) is 7.20. The first-order valence-corrected chi connectivity index (χ1v) is 16.2. The summed E-state index contributed by atoms with van der Waals surface area (Å²) in [5.74, 6) is -2.23. The van der Waals surface area contributed by atoms with E-state index in [1.54, 1.807) is 74.8 Å². The molecule has 2 amide bonds. The number of hydrogen-bond donors (Lipinski definition) is 3. The number of aliphatic carboxylic acids is 1. The number of amides is 2. The van der Waals surface area contributed by atoms with Crippen molar-refractivity contribution >= 4 is 35.1 Å². The number of carbonyl (C=O) groups is 3. The zero-order valence-corrected chi connectivity index (χ0v) is 28.8. The Morgan fingerprint density at radius 1 is 1.04 bits per heavy atom. The molecule has 2 heterocycles. The first kappa shape index (κ1) is 35.5. The third-order valence-corrected chi connectivity index (χ3v) is 7.93. The number of allylic oxidation sites excluding steroid dienone is 1.